The van der Waals surface area contributed by atoms with E-state index >= 15 is 0 Å². The van der Waals surface area contributed by atoms with Crippen LogP contribution in [0.3, 0.4) is 0 Å². The molecule has 0 bridgehead atoms. The van der Waals surface area contributed by atoms with Gasteiger partial charge in [0.05, 0.1) is 6.04 Å². The first kappa shape index (κ1) is 16.9. The molecule has 1 aromatic rings. The summed E-state index contributed by atoms with van der Waals surface area (Å²) < 4.78 is 0. The molecule has 0 radical (unpaired) electrons. The Kier molecular flexibility index (Phi) is 6.20. The first-order valence-corrected chi connectivity index (χ1v) is 7.48. The molecule has 2 rings (SSSR count). The van der Waals surface area contributed by atoms with Gasteiger partial charge in [0.25, 0.3) is 0 Å². The number of thiazole rings is 1. The fourth-order valence-electron chi connectivity index (χ4n) is 2.48. The van der Waals surface area contributed by atoms with Crippen molar-refractivity contribution in [2.24, 2.45) is 5.73 Å². The molecule has 0 amide bonds. The molecule has 6 heteroatoms. The van der Waals surface area contributed by atoms with Gasteiger partial charge in [-0.1, -0.05) is 0 Å². The van der Waals surface area contributed by atoms with Crippen LogP contribution in [0.4, 0.5) is 0 Å². The molecule has 1 fully saturated rings. The minimum atomic E-state index is -0.0942. The van der Waals surface area contributed by atoms with Gasteiger partial charge >= 0.3 is 0 Å². The lowest BCUT2D eigenvalue weighted by atomic mass is 10.1. The summed E-state index contributed by atoms with van der Waals surface area (Å²) in [6.45, 7) is 11.9. The smallest absolute Gasteiger partial charge is 0.109 e. The molecule has 2 N–H and O–H groups in total. The van der Waals surface area contributed by atoms with Crippen LogP contribution in [0.1, 0.15) is 31.8 Å². The number of nitrogens with zero attached hydrogens (tertiary/aromatic N) is 3. The quantitative estimate of drug-likeness (QED) is 0.924. The second-order valence-corrected chi connectivity index (χ2v) is 6.77. The number of aromatic nitrogens is 1. The van der Waals surface area contributed by atoms with Crippen molar-refractivity contribution in [1.29, 1.82) is 0 Å². The third-order valence-corrected chi connectivity index (χ3v) is 4.34. The second kappa shape index (κ2) is 6.99. The SMILES string of the molecule is CC(c1nccs1)N1CCN(CC(C)(C)N)CC1.Cl. The highest BCUT2D eigenvalue weighted by molar-refractivity contribution is 7.09. The second-order valence-electron chi connectivity index (χ2n) is 5.85. The Balaban J connectivity index is 0.00000180. The van der Waals surface area contributed by atoms with Crippen LogP contribution in [0.2, 0.25) is 0 Å². The van der Waals surface area contributed by atoms with Gasteiger partial charge < -0.3 is 5.73 Å². The summed E-state index contributed by atoms with van der Waals surface area (Å²) >= 11 is 1.75. The number of hydrogen-bond donors (Lipinski definition) is 1. The normalized spacial score (nSPS) is 20.0. The fraction of sp³-hybridized carbons (Fsp3) is 0.769. The number of piperazine rings is 1. The van der Waals surface area contributed by atoms with Gasteiger partial charge in [-0.15, -0.1) is 23.7 Å². The Morgan fingerprint density at radius 1 is 1.37 bits per heavy atom. The molecule has 0 saturated carbocycles. The molecule has 4 nitrogen and oxygen atoms in total. The summed E-state index contributed by atoms with van der Waals surface area (Å²) in [6.07, 6.45) is 1.89. The monoisotopic (exact) mass is 304 g/mol. The van der Waals surface area contributed by atoms with E-state index in [1.165, 1.54) is 5.01 Å². The summed E-state index contributed by atoms with van der Waals surface area (Å²) in [5, 5.41) is 3.28. The number of rotatable bonds is 4. The van der Waals surface area contributed by atoms with E-state index in [0.717, 1.165) is 32.7 Å². The molecular formula is C13H25ClN4S. The van der Waals surface area contributed by atoms with Gasteiger partial charge in [-0.25, -0.2) is 4.98 Å². The van der Waals surface area contributed by atoms with Crippen LogP contribution in [0.25, 0.3) is 0 Å². The Bertz CT molecular complexity index is 355. The maximum Gasteiger partial charge on any atom is 0.109 e. The molecule has 1 aromatic heterocycles. The fourth-order valence-corrected chi connectivity index (χ4v) is 3.21. The topological polar surface area (TPSA) is 45.4 Å². The van der Waals surface area contributed by atoms with E-state index in [1.54, 1.807) is 11.3 Å². The zero-order valence-corrected chi connectivity index (χ0v) is 13.6. The Morgan fingerprint density at radius 2 is 2.00 bits per heavy atom. The Hall–Kier alpha value is -0.200. The lowest BCUT2D eigenvalue weighted by molar-refractivity contribution is 0.0904. The third kappa shape index (κ3) is 5.00. The van der Waals surface area contributed by atoms with Crippen LogP contribution in [-0.4, -0.2) is 53.0 Å². The molecule has 1 aliphatic rings. The first-order chi connectivity index (χ1) is 8.46. The molecular weight excluding hydrogens is 280 g/mol. The number of halogens is 1. The summed E-state index contributed by atoms with van der Waals surface area (Å²) in [5.74, 6) is 0. The van der Waals surface area contributed by atoms with Crippen molar-refractivity contribution in [2.45, 2.75) is 32.4 Å². The van der Waals surface area contributed by atoms with Crippen LogP contribution < -0.4 is 5.73 Å². The molecule has 2 heterocycles. The van der Waals surface area contributed by atoms with Crippen molar-refractivity contribution in [3.8, 4) is 0 Å². The van der Waals surface area contributed by atoms with Crippen molar-refractivity contribution in [2.75, 3.05) is 32.7 Å². The minimum absolute atomic E-state index is 0. The lowest BCUT2D eigenvalue weighted by Gasteiger charge is -2.39. The van der Waals surface area contributed by atoms with Crippen LogP contribution >= 0.6 is 23.7 Å². The van der Waals surface area contributed by atoms with E-state index in [1.807, 2.05) is 6.20 Å². The number of hydrogen-bond acceptors (Lipinski definition) is 5. The molecule has 0 spiro atoms. The van der Waals surface area contributed by atoms with Crippen molar-refractivity contribution in [3.05, 3.63) is 16.6 Å². The predicted molar refractivity (Wildman–Crippen MR) is 84.1 cm³/mol. The van der Waals surface area contributed by atoms with E-state index in [4.69, 9.17) is 5.73 Å². The highest BCUT2D eigenvalue weighted by Crippen LogP contribution is 2.23. The van der Waals surface area contributed by atoms with E-state index in [2.05, 4.69) is 40.9 Å². The van der Waals surface area contributed by atoms with Gasteiger partial charge in [-0.05, 0) is 20.8 Å². The van der Waals surface area contributed by atoms with Crippen LogP contribution in [0.5, 0.6) is 0 Å². The lowest BCUT2D eigenvalue weighted by Crippen LogP contribution is -2.53. The van der Waals surface area contributed by atoms with Crippen LogP contribution in [0.15, 0.2) is 11.6 Å². The average molecular weight is 305 g/mol. The summed E-state index contributed by atoms with van der Waals surface area (Å²) in [4.78, 5) is 9.39. The van der Waals surface area contributed by atoms with Gasteiger partial charge in [-0.2, -0.15) is 0 Å². The maximum absolute atomic E-state index is 6.07. The van der Waals surface area contributed by atoms with Crippen LogP contribution in [0, 0.1) is 0 Å². The van der Waals surface area contributed by atoms with Crippen molar-refractivity contribution < 1.29 is 0 Å². The highest BCUT2D eigenvalue weighted by atomic mass is 35.5. The largest absolute Gasteiger partial charge is 0.324 e. The first-order valence-electron chi connectivity index (χ1n) is 6.60. The molecule has 110 valence electrons. The molecule has 0 aromatic carbocycles. The van der Waals surface area contributed by atoms with Crippen molar-refractivity contribution in [1.82, 2.24) is 14.8 Å². The summed E-state index contributed by atoms with van der Waals surface area (Å²) in [7, 11) is 0. The van der Waals surface area contributed by atoms with Gasteiger partial charge in [0.15, 0.2) is 0 Å². The molecule has 0 aliphatic carbocycles. The summed E-state index contributed by atoms with van der Waals surface area (Å²) in [5.41, 5.74) is 5.98. The third-order valence-electron chi connectivity index (χ3n) is 3.39. The Labute approximate surface area is 126 Å². The zero-order chi connectivity index (χ0) is 13.2. The standard InChI is InChI=1S/C13H24N4S.ClH/c1-11(12-15-4-9-18-12)17-7-5-16(6-8-17)10-13(2,3)14;/h4,9,11H,5-8,10,14H2,1-3H3;1H. The highest BCUT2D eigenvalue weighted by Gasteiger charge is 2.25. The average Bonchev–Trinajstić information content (AvgIpc) is 2.80. The van der Waals surface area contributed by atoms with Crippen molar-refractivity contribution >= 4 is 23.7 Å². The van der Waals surface area contributed by atoms with Gasteiger partial charge in [0, 0.05) is 49.8 Å². The van der Waals surface area contributed by atoms with Gasteiger partial charge in [0.2, 0.25) is 0 Å². The molecule has 1 atom stereocenters. The minimum Gasteiger partial charge on any atom is -0.324 e. The summed E-state index contributed by atoms with van der Waals surface area (Å²) in [6, 6.07) is 0.443. The van der Waals surface area contributed by atoms with Gasteiger partial charge in [-0.3, -0.25) is 9.80 Å². The molecule has 1 aliphatic heterocycles. The van der Waals surface area contributed by atoms with E-state index in [0.29, 0.717) is 6.04 Å². The molecule has 19 heavy (non-hydrogen) atoms. The molecule has 1 unspecified atom stereocenters. The maximum atomic E-state index is 6.07. The van der Waals surface area contributed by atoms with E-state index < -0.39 is 0 Å². The van der Waals surface area contributed by atoms with Gasteiger partial charge in [0.1, 0.15) is 5.01 Å². The zero-order valence-electron chi connectivity index (χ0n) is 12.0. The predicted octanol–water partition coefficient (Wildman–Crippen LogP) is 1.98. The van der Waals surface area contributed by atoms with Crippen molar-refractivity contribution in [3.63, 3.8) is 0 Å². The van der Waals surface area contributed by atoms with Crippen LogP contribution in [-0.2, 0) is 0 Å². The van der Waals surface area contributed by atoms with E-state index in [9.17, 15) is 0 Å². The Morgan fingerprint density at radius 3 is 2.47 bits per heavy atom. The molecule has 1 saturated heterocycles. The number of nitrogens with two attached hydrogens (primary N) is 1. The van der Waals surface area contributed by atoms with E-state index in [-0.39, 0.29) is 17.9 Å².